The number of aryl methyl sites for hydroxylation is 1. The molecule has 0 radical (unpaired) electrons. The predicted octanol–water partition coefficient (Wildman–Crippen LogP) is 2.93. The topological polar surface area (TPSA) is 75.5 Å². The number of amides is 1. The third-order valence-corrected chi connectivity index (χ3v) is 5.44. The highest BCUT2D eigenvalue weighted by Gasteiger charge is 2.37. The number of nitro benzene ring substituents is 1. The molecule has 1 amide bonds. The van der Waals surface area contributed by atoms with E-state index in [0.717, 1.165) is 44.6 Å². The molecule has 0 saturated carbocycles. The Bertz CT molecular complexity index is 620. The fraction of sp³-hybridized carbons (Fsp3) is 0.588. The van der Waals surface area contributed by atoms with Gasteiger partial charge in [0.2, 0.25) is 0 Å². The quantitative estimate of drug-likeness (QED) is 0.655. The van der Waals surface area contributed by atoms with Crippen LogP contribution < -0.4 is 5.32 Å². The maximum absolute atomic E-state index is 12.8. The maximum atomic E-state index is 12.8. The van der Waals surface area contributed by atoms with E-state index in [1.807, 2.05) is 11.8 Å². The van der Waals surface area contributed by atoms with Crippen LogP contribution in [0, 0.1) is 22.5 Å². The van der Waals surface area contributed by atoms with Crippen molar-refractivity contribution < 1.29 is 9.72 Å². The van der Waals surface area contributed by atoms with Gasteiger partial charge in [-0.05, 0) is 56.7 Å². The van der Waals surface area contributed by atoms with E-state index in [1.165, 1.54) is 25.0 Å². The number of rotatable bonds is 2. The van der Waals surface area contributed by atoms with Crippen molar-refractivity contribution >= 4 is 24.0 Å². The van der Waals surface area contributed by atoms with E-state index in [1.54, 1.807) is 6.07 Å². The Hall–Kier alpha value is -1.66. The highest BCUT2D eigenvalue weighted by atomic mass is 35.5. The van der Waals surface area contributed by atoms with Crippen molar-refractivity contribution in [3.05, 3.63) is 39.4 Å². The molecule has 2 fully saturated rings. The number of benzene rings is 1. The molecule has 1 aromatic rings. The van der Waals surface area contributed by atoms with E-state index in [9.17, 15) is 14.9 Å². The van der Waals surface area contributed by atoms with Crippen LogP contribution in [0.15, 0.2) is 18.2 Å². The standard InChI is InChI=1S/C17H23N3O3.ClH/c1-13-2-3-14(20(22)23)12-15(13)16(21)19-10-6-17(7-11-19)4-8-18-9-5-17;/h2-3,12,18H,4-11H2,1H3;1H. The van der Waals surface area contributed by atoms with Gasteiger partial charge in [-0.1, -0.05) is 6.07 Å². The van der Waals surface area contributed by atoms with Gasteiger partial charge in [0.05, 0.1) is 4.92 Å². The van der Waals surface area contributed by atoms with Gasteiger partial charge in [-0.2, -0.15) is 0 Å². The molecule has 0 aliphatic carbocycles. The Labute approximate surface area is 148 Å². The molecular formula is C17H24ClN3O3. The first kappa shape index (κ1) is 18.7. The fourth-order valence-electron chi connectivity index (χ4n) is 3.77. The highest BCUT2D eigenvalue weighted by molar-refractivity contribution is 5.96. The third-order valence-electron chi connectivity index (χ3n) is 5.44. The first-order valence-electron chi connectivity index (χ1n) is 8.26. The molecule has 2 aliphatic heterocycles. The van der Waals surface area contributed by atoms with Gasteiger partial charge >= 0.3 is 0 Å². The molecule has 1 aromatic carbocycles. The van der Waals surface area contributed by atoms with E-state index in [0.29, 0.717) is 11.0 Å². The minimum absolute atomic E-state index is 0. The number of nitro groups is 1. The lowest BCUT2D eigenvalue weighted by Crippen LogP contribution is -2.47. The van der Waals surface area contributed by atoms with Crippen molar-refractivity contribution in [2.24, 2.45) is 5.41 Å². The molecule has 24 heavy (non-hydrogen) atoms. The van der Waals surface area contributed by atoms with E-state index >= 15 is 0 Å². The summed E-state index contributed by atoms with van der Waals surface area (Å²) in [5, 5.41) is 14.3. The second-order valence-corrected chi connectivity index (χ2v) is 6.80. The number of halogens is 1. The van der Waals surface area contributed by atoms with Gasteiger partial charge in [-0.25, -0.2) is 0 Å². The molecule has 7 heteroatoms. The zero-order chi connectivity index (χ0) is 16.4. The Morgan fingerprint density at radius 2 is 1.83 bits per heavy atom. The van der Waals surface area contributed by atoms with E-state index in [2.05, 4.69) is 5.32 Å². The second-order valence-electron chi connectivity index (χ2n) is 6.80. The van der Waals surface area contributed by atoms with Gasteiger partial charge in [0.15, 0.2) is 0 Å². The second kappa shape index (κ2) is 7.49. The van der Waals surface area contributed by atoms with Crippen LogP contribution in [0.1, 0.15) is 41.6 Å². The van der Waals surface area contributed by atoms with Crippen molar-refractivity contribution in [3.63, 3.8) is 0 Å². The van der Waals surface area contributed by atoms with E-state index in [-0.39, 0.29) is 24.0 Å². The third kappa shape index (κ3) is 3.70. The lowest BCUT2D eigenvalue weighted by molar-refractivity contribution is -0.384. The number of nitrogens with one attached hydrogen (secondary N) is 1. The van der Waals surface area contributed by atoms with Crippen LogP contribution in [0.5, 0.6) is 0 Å². The maximum Gasteiger partial charge on any atom is 0.270 e. The number of hydrogen-bond donors (Lipinski definition) is 1. The van der Waals surface area contributed by atoms with Crippen molar-refractivity contribution in [2.75, 3.05) is 26.2 Å². The molecule has 2 heterocycles. The highest BCUT2D eigenvalue weighted by Crippen LogP contribution is 2.39. The first-order valence-corrected chi connectivity index (χ1v) is 8.26. The minimum Gasteiger partial charge on any atom is -0.339 e. The summed E-state index contributed by atoms with van der Waals surface area (Å²) in [5.41, 5.74) is 1.62. The lowest BCUT2D eigenvalue weighted by Gasteiger charge is -2.44. The number of carbonyl (C=O) groups excluding carboxylic acids is 1. The largest absolute Gasteiger partial charge is 0.339 e. The zero-order valence-corrected chi connectivity index (χ0v) is 14.7. The summed E-state index contributed by atoms with van der Waals surface area (Å²) in [6.07, 6.45) is 4.44. The van der Waals surface area contributed by atoms with Gasteiger partial charge in [-0.15, -0.1) is 12.4 Å². The summed E-state index contributed by atoms with van der Waals surface area (Å²) >= 11 is 0. The number of likely N-dealkylation sites (tertiary alicyclic amines) is 1. The zero-order valence-electron chi connectivity index (χ0n) is 13.9. The molecule has 0 aromatic heterocycles. The van der Waals surface area contributed by atoms with Gasteiger partial charge in [0.1, 0.15) is 0 Å². The van der Waals surface area contributed by atoms with Crippen molar-refractivity contribution in [1.82, 2.24) is 10.2 Å². The molecular weight excluding hydrogens is 330 g/mol. The van der Waals surface area contributed by atoms with Crippen molar-refractivity contribution in [3.8, 4) is 0 Å². The summed E-state index contributed by atoms with van der Waals surface area (Å²) < 4.78 is 0. The molecule has 6 nitrogen and oxygen atoms in total. The van der Waals surface area contributed by atoms with Crippen LogP contribution >= 0.6 is 12.4 Å². The summed E-state index contributed by atoms with van der Waals surface area (Å²) in [5.74, 6) is -0.0741. The SMILES string of the molecule is Cc1ccc([N+](=O)[O-])cc1C(=O)N1CCC2(CCNCC2)CC1.Cl. The summed E-state index contributed by atoms with van der Waals surface area (Å²) in [6.45, 7) is 5.47. The van der Waals surface area contributed by atoms with Crippen LogP contribution in [0.2, 0.25) is 0 Å². The fourth-order valence-corrected chi connectivity index (χ4v) is 3.77. The van der Waals surface area contributed by atoms with Crippen LogP contribution in [0.4, 0.5) is 5.69 Å². The van der Waals surface area contributed by atoms with Crippen molar-refractivity contribution in [1.29, 1.82) is 0 Å². The molecule has 3 rings (SSSR count). The number of hydrogen-bond acceptors (Lipinski definition) is 4. The lowest BCUT2D eigenvalue weighted by atomic mass is 9.71. The summed E-state index contributed by atoms with van der Waals surface area (Å²) in [6, 6.07) is 4.52. The van der Waals surface area contributed by atoms with Crippen LogP contribution in [-0.4, -0.2) is 41.9 Å². The number of carbonyl (C=O) groups is 1. The number of non-ortho nitro benzene ring substituents is 1. The van der Waals surface area contributed by atoms with Crippen LogP contribution in [-0.2, 0) is 0 Å². The average molecular weight is 354 g/mol. The molecule has 0 atom stereocenters. The van der Waals surface area contributed by atoms with E-state index < -0.39 is 4.92 Å². The van der Waals surface area contributed by atoms with Gasteiger partial charge in [0.25, 0.3) is 11.6 Å². The first-order chi connectivity index (χ1) is 11.0. The molecule has 1 spiro atoms. The molecule has 2 saturated heterocycles. The summed E-state index contributed by atoms with van der Waals surface area (Å²) in [7, 11) is 0. The van der Waals surface area contributed by atoms with Crippen LogP contribution in [0.25, 0.3) is 0 Å². The molecule has 2 aliphatic rings. The van der Waals surface area contributed by atoms with E-state index in [4.69, 9.17) is 0 Å². The Morgan fingerprint density at radius 3 is 2.42 bits per heavy atom. The molecule has 0 unspecified atom stereocenters. The van der Waals surface area contributed by atoms with Gasteiger partial charge < -0.3 is 10.2 Å². The number of nitrogens with zero attached hydrogens (tertiary/aromatic N) is 2. The Kier molecular flexibility index (Phi) is 5.83. The van der Waals surface area contributed by atoms with Gasteiger partial charge in [-0.3, -0.25) is 14.9 Å². The molecule has 132 valence electrons. The molecule has 1 N–H and O–H groups in total. The Morgan fingerprint density at radius 1 is 1.21 bits per heavy atom. The normalized spacial score (nSPS) is 19.6. The predicted molar refractivity (Wildman–Crippen MR) is 94.8 cm³/mol. The number of piperidine rings is 2. The molecule has 0 bridgehead atoms. The van der Waals surface area contributed by atoms with Crippen molar-refractivity contribution in [2.45, 2.75) is 32.6 Å². The smallest absolute Gasteiger partial charge is 0.270 e. The minimum atomic E-state index is -0.448. The average Bonchev–Trinajstić information content (AvgIpc) is 2.56. The van der Waals surface area contributed by atoms with Gasteiger partial charge in [0, 0.05) is 30.8 Å². The monoisotopic (exact) mass is 353 g/mol. The van der Waals surface area contributed by atoms with Crippen LogP contribution in [0.3, 0.4) is 0 Å². The summed E-state index contributed by atoms with van der Waals surface area (Å²) in [4.78, 5) is 25.1. The Balaban J connectivity index is 0.00000208.